The van der Waals surface area contributed by atoms with Crippen LogP contribution in [0, 0.1) is 5.92 Å². The van der Waals surface area contributed by atoms with Gasteiger partial charge in [0.25, 0.3) is 5.91 Å². The van der Waals surface area contributed by atoms with Crippen LogP contribution >= 0.6 is 15.9 Å². The van der Waals surface area contributed by atoms with Crippen molar-refractivity contribution in [3.63, 3.8) is 0 Å². The topological polar surface area (TPSA) is 29.1 Å². The summed E-state index contributed by atoms with van der Waals surface area (Å²) in [7, 11) is 0. The minimum Gasteiger partial charge on any atom is -0.349 e. The fourth-order valence-corrected chi connectivity index (χ4v) is 2.52. The van der Waals surface area contributed by atoms with Gasteiger partial charge < -0.3 is 5.32 Å². The zero-order valence-electron chi connectivity index (χ0n) is 12.1. The third kappa shape index (κ3) is 3.40. The number of carbonyl (C=O) groups excluding carboxylic acids is 1. The molecular weight excluding hydrogens is 314 g/mol. The van der Waals surface area contributed by atoms with Gasteiger partial charge in [-0.15, -0.1) is 0 Å². The molecule has 1 N–H and O–H groups in total. The highest BCUT2D eigenvalue weighted by Crippen LogP contribution is 2.21. The molecule has 0 saturated carbocycles. The Kier molecular flexibility index (Phi) is 4.81. The van der Waals surface area contributed by atoms with Crippen molar-refractivity contribution in [3.8, 4) is 0 Å². The molecule has 0 aliphatic carbocycles. The van der Waals surface area contributed by atoms with Crippen LogP contribution in [0.1, 0.15) is 37.6 Å². The van der Waals surface area contributed by atoms with Gasteiger partial charge >= 0.3 is 0 Å². The van der Waals surface area contributed by atoms with Gasteiger partial charge in [0.2, 0.25) is 0 Å². The van der Waals surface area contributed by atoms with Crippen molar-refractivity contribution in [3.05, 3.63) is 46.4 Å². The van der Waals surface area contributed by atoms with E-state index < -0.39 is 0 Å². The minimum atomic E-state index is 0.00242. The lowest BCUT2D eigenvalue weighted by Crippen LogP contribution is -2.36. The van der Waals surface area contributed by atoms with Gasteiger partial charge in [0.05, 0.1) is 0 Å². The van der Waals surface area contributed by atoms with Gasteiger partial charge in [0.1, 0.15) is 0 Å². The monoisotopic (exact) mass is 333 g/mol. The summed E-state index contributed by atoms with van der Waals surface area (Å²) in [4.78, 5) is 12.3. The maximum absolute atomic E-state index is 12.3. The van der Waals surface area contributed by atoms with Crippen LogP contribution in [0.15, 0.2) is 40.9 Å². The van der Waals surface area contributed by atoms with E-state index in [-0.39, 0.29) is 11.9 Å². The molecule has 0 spiro atoms. The summed E-state index contributed by atoms with van der Waals surface area (Å²) in [5, 5.41) is 5.29. The molecule has 0 aromatic heterocycles. The first-order chi connectivity index (χ1) is 9.51. The molecular formula is C17H20BrNO. The third-order valence-corrected chi connectivity index (χ3v) is 4.41. The first kappa shape index (κ1) is 15.0. The standard InChI is InChI=1S/C17H20BrNO/c1-4-11(2)12(3)19-17(20)15-6-5-14-10-16(18)8-7-13(14)9-15/h5-12H,4H2,1-3H3,(H,19,20). The Morgan fingerprint density at radius 1 is 1.15 bits per heavy atom. The van der Waals surface area contributed by atoms with E-state index in [1.165, 1.54) is 0 Å². The molecule has 2 nitrogen and oxygen atoms in total. The highest BCUT2D eigenvalue weighted by molar-refractivity contribution is 9.10. The zero-order valence-corrected chi connectivity index (χ0v) is 13.7. The summed E-state index contributed by atoms with van der Waals surface area (Å²) >= 11 is 3.46. The van der Waals surface area contributed by atoms with Crippen molar-refractivity contribution >= 4 is 32.6 Å². The Hall–Kier alpha value is -1.35. The van der Waals surface area contributed by atoms with E-state index in [9.17, 15) is 4.79 Å². The average molecular weight is 334 g/mol. The van der Waals surface area contributed by atoms with Crippen LogP contribution < -0.4 is 5.32 Å². The molecule has 3 heteroatoms. The average Bonchev–Trinajstić information content (AvgIpc) is 2.45. The number of fused-ring (bicyclic) bond motifs is 1. The van der Waals surface area contributed by atoms with Gasteiger partial charge in [0.15, 0.2) is 0 Å². The van der Waals surface area contributed by atoms with Crippen LogP contribution in [0.2, 0.25) is 0 Å². The lowest BCUT2D eigenvalue weighted by Gasteiger charge is -2.20. The second-order valence-corrected chi connectivity index (χ2v) is 6.27. The number of halogens is 1. The van der Waals surface area contributed by atoms with E-state index >= 15 is 0 Å². The predicted molar refractivity (Wildman–Crippen MR) is 88.0 cm³/mol. The van der Waals surface area contributed by atoms with Gasteiger partial charge in [-0.25, -0.2) is 0 Å². The Morgan fingerprint density at radius 2 is 1.80 bits per heavy atom. The van der Waals surface area contributed by atoms with Gasteiger partial charge in [-0.1, -0.05) is 48.3 Å². The molecule has 0 radical (unpaired) electrons. The van der Waals surface area contributed by atoms with Gasteiger partial charge in [-0.05, 0) is 47.9 Å². The number of nitrogens with one attached hydrogen (secondary N) is 1. The third-order valence-electron chi connectivity index (χ3n) is 3.92. The van der Waals surface area contributed by atoms with Crippen molar-refractivity contribution in [2.75, 3.05) is 0 Å². The maximum atomic E-state index is 12.3. The molecule has 1 amide bonds. The Bertz CT molecular complexity index is 623. The number of hydrogen-bond donors (Lipinski definition) is 1. The molecule has 106 valence electrons. The van der Waals surface area contributed by atoms with Crippen molar-refractivity contribution in [1.29, 1.82) is 0 Å². The largest absolute Gasteiger partial charge is 0.349 e. The highest BCUT2D eigenvalue weighted by Gasteiger charge is 2.14. The van der Waals surface area contributed by atoms with E-state index in [1.54, 1.807) is 0 Å². The molecule has 0 bridgehead atoms. The first-order valence-electron chi connectivity index (χ1n) is 7.01. The number of benzene rings is 2. The summed E-state index contributed by atoms with van der Waals surface area (Å²) in [6, 6.07) is 12.1. The highest BCUT2D eigenvalue weighted by atomic mass is 79.9. The summed E-state index contributed by atoms with van der Waals surface area (Å²) in [6.45, 7) is 6.36. The summed E-state index contributed by atoms with van der Waals surface area (Å²) in [5.41, 5.74) is 0.718. The fourth-order valence-electron chi connectivity index (χ4n) is 2.14. The minimum absolute atomic E-state index is 0.00242. The molecule has 2 rings (SSSR count). The van der Waals surface area contributed by atoms with Crippen molar-refractivity contribution in [2.24, 2.45) is 5.92 Å². The van der Waals surface area contributed by atoms with E-state index in [0.717, 1.165) is 27.2 Å². The SMILES string of the molecule is CCC(C)C(C)NC(=O)c1ccc2cc(Br)ccc2c1. The second-order valence-electron chi connectivity index (χ2n) is 5.35. The van der Waals surface area contributed by atoms with Crippen LogP contribution in [-0.2, 0) is 0 Å². The quantitative estimate of drug-likeness (QED) is 0.858. The molecule has 0 heterocycles. The van der Waals surface area contributed by atoms with E-state index in [4.69, 9.17) is 0 Å². The van der Waals surface area contributed by atoms with Crippen LogP contribution in [0.3, 0.4) is 0 Å². The molecule has 2 aromatic carbocycles. The Balaban J connectivity index is 2.20. The maximum Gasteiger partial charge on any atom is 0.251 e. The smallest absolute Gasteiger partial charge is 0.251 e. The molecule has 0 fully saturated rings. The van der Waals surface area contributed by atoms with Gasteiger partial charge in [0, 0.05) is 16.1 Å². The van der Waals surface area contributed by atoms with E-state index in [1.807, 2.05) is 30.3 Å². The summed E-state index contributed by atoms with van der Waals surface area (Å²) < 4.78 is 1.05. The van der Waals surface area contributed by atoms with Crippen molar-refractivity contribution in [2.45, 2.75) is 33.2 Å². The Morgan fingerprint density at radius 3 is 2.50 bits per heavy atom. The van der Waals surface area contributed by atoms with Crippen LogP contribution in [0.4, 0.5) is 0 Å². The van der Waals surface area contributed by atoms with E-state index in [2.05, 4.69) is 48.1 Å². The molecule has 0 aliphatic rings. The number of amides is 1. The first-order valence-corrected chi connectivity index (χ1v) is 7.80. The number of carbonyl (C=O) groups is 1. The zero-order chi connectivity index (χ0) is 14.7. The molecule has 20 heavy (non-hydrogen) atoms. The summed E-state index contributed by atoms with van der Waals surface area (Å²) in [5.74, 6) is 0.484. The number of rotatable bonds is 4. The van der Waals surface area contributed by atoms with Crippen LogP contribution in [0.25, 0.3) is 10.8 Å². The molecule has 0 aliphatic heterocycles. The fraction of sp³-hybridized carbons (Fsp3) is 0.353. The predicted octanol–water partition coefficient (Wildman–Crippen LogP) is 4.77. The van der Waals surface area contributed by atoms with E-state index in [0.29, 0.717) is 5.92 Å². The van der Waals surface area contributed by atoms with Gasteiger partial charge in [-0.3, -0.25) is 4.79 Å². The normalized spacial score (nSPS) is 14.0. The molecule has 2 aromatic rings. The van der Waals surface area contributed by atoms with Crippen molar-refractivity contribution in [1.82, 2.24) is 5.32 Å². The van der Waals surface area contributed by atoms with Gasteiger partial charge in [-0.2, -0.15) is 0 Å². The molecule has 0 saturated heterocycles. The lowest BCUT2D eigenvalue weighted by atomic mass is 10.00. The number of hydrogen-bond acceptors (Lipinski definition) is 1. The molecule has 2 atom stereocenters. The Labute approximate surface area is 128 Å². The summed E-state index contributed by atoms with van der Waals surface area (Å²) in [6.07, 6.45) is 1.06. The lowest BCUT2D eigenvalue weighted by molar-refractivity contribution is 0.0928. The van der Waals surface area contributed by atoms with Crippen molar-refractivity contribution < 1.29 is 4.79 Å². The second kappa shape index (κ2) is 6.40. The van der Waals surface area contributed by atoms with Crippen LogP contribution in [0.5, 0.6) is 0 Å². The van der Waals surface area contributed by atoms with Crippen LogP contribution in [-0.4, -0.2) is 11.9 Å². The molecule has 2 unspecified atom stereocenters.